The van der Waals surface area contributed by atoms with Crippen LogP contribution < -0.4 is 10.6 Å². The predicted molar refractivity (Wildman–Crippen MR) is 131 cm³/mol. The molecule has 1 aromatic carbocycles. The summed E-state index contributed by atoms with van der Waals surface area (Å²) >= 11 is 0. The normalized spacial score (nSPS) is 10.0. The molecule has 1 aromatic heterocycles. The van der Waals surface area contributed by atoms with Crippen LogP contribution in [0.1, 0.15) is 45.9 Å². The molecule has 2 rings (SSSR count). The second kappa shape index (κ2) is 11.9. The monoisotopic (exact) mass is 411 g/mol. The largest absolute Gasteiger partial charge is 0.444 e. The van der Waals surface area contributed by atoms with Crippen LogP contribution >= 0.6 is 0 Å². The van der Waals surface area contributed by atoms with Crippen LogP contribution in [-0.4, -0.2) is 30.4 Å². The fourth-order valence-electron chi connectivity index (χ4n) is 2.58. The first-order valence-electron chi connectivity index (χ1n) is 9.98. The predicted octanol–water partition coefficient (Wildman–Crippen LogP) is 5.90. The summed E-state index contributed by atoms with van der Waals surface area (Å²) in [5, 5.41) is 6.60. The van der Waals surface area contributed by atoms with E-state index in [2.05, 4.69) is 29.7 Å². The Morgan fingerprint density at radius 2 is 1.70 bits per heavy atom. The fraction of sp³-hybridized carbons (Fsp3) is 0.400. The van der Waals surface area contributed by atoms with E-state index in [-0.39, 0.29) is 0 Å². The second-order valence-electron chi connectivity index (χ2n) is 7.54. The summed E-state index contributed by atoms with van der Waals surface area (Å²) in [6, 6.07) is 5.95. The molecule has 0 atom stereocenters. The number of allylic oxidation sites excluding steroid dienone is 2. The van der Waals surface area contributed by atoms with Crippen LogP contribution in [-0.2, 0) is 11.8 Å². The summed E-state index contributed by atoms with van der Waals surface area (Å²) in [5.74, 6) is 2.52. The number of aryl methyl sites for hydroxylation is 2. The first kappa shape index (κ1) is 27.0. The average molecular weight is 412 g/mol. The number of rotatable bonds is 3. The third-order valence-electron chi connectivity index (χ3n) is 3.87. The molecule has 0 aliphatic carbocycles. The number of anilines is 1. The summed E-state index contributed by atoms with van der Waals surface area (Å²) in [4.78, 5) is 12.1. The molecule has 5 nitrogen and oxygen atoms in total. The average Bonchev–Trinajstić information content (AvgIpc) is 2.97. The van der Waals surface area contributed by atoms with E-state index in [4.69, 9.17) is 11.2 Å². The molecule has 0 radical (unpaired) electrons. The highest BCUT2D eigenvalue weighted by atomic mass is 16.6. The SMILES string of the molecule is C#CC(=C)C(=C)c1cc2cc(C)c(NC(=O)OC(C)(C)C)cc2n1C.CC.CNC. The molecule has 0 aliphatic heterocycles. The summed E-state index contributed by atoms with van der Waals surface area (Å²) < 4.78 is 7.31. The lowest BCUT2D eigenvalue weighted by Gasteiger charge is -2.20. The number of hydrogen-bond acceptors (Lipinski definition) is 3. The van der Waals surface area contributed by atoms with Crippen molar-refractivity contribution in [3.05, 3.63) is 48.2 Å². The summed E-state index contributed by atoms with van der Waals surface area (Å²) in [7, 11) is 5.68. The number of benzene rings is 1. The number of amides is 1. The van der Waals surface area contributed by atoms with Crippen molar-refractivity contribution in [2.24, 2.45) is 7.05 Å². The smallest absolute Gasteiger partial charge is 0.412 e. The lowest BCUT2D eigenvalue weighted by atomic mass is 10.1. The molecule has 0 bridgehead atoms. The van der Waals surface area contributed by atoms with Gasteiger partial charge in [0, 0.05) is 35.0 Å². The molecule has 0 aliphatic rings. The number of carbonyl (C=O) groups is 1. The fourth-order valence-corrected chi connectivity index (χ4v) is 2.58. The van der Waals surface area contributed by atoms with Gasteiger partial charge in [-0.05, 0) is 65.6 Å². The van der Waals surface area contributed by atoms with Crippen LogP contribution in [0, 0.1) is 19.3 Å². The number of fused-ring (bicyclic) bond motifs is 1. The van der Waals surface area contributed by atoms with Crippen molar-refractivity contribution in [2.75, 3.05) is 19.4 Å². The van der Waals surface area contributed by atoms with Crippen molar-refractivity contribution < 1.29 is 9.53 Å². The van der Waals surface area contributed by atoms with Crippen LogP contribution in [0.3, 0.4) is 0 Å². The maximum Gasteiger partial charge on any atom is 0.412 e. The van der Waals surface area contributed by atoms with Crippen LogP contribution in [0.2, 0.25) is 0 Å². The van der Waals surface area contributed by atoms with Crippen molar-refractivity contribution >= 4 is 28.3 Å². The molecule has 0 saturated heterocycles. The van der Waals surface area contributed by atoms with Gasteiger partial charge in [-0.2, -0.15) is 0 Å². The number of nitrogens with zero attached hydrogens (tertiary/aromatic N) is 1. The molecular formula is C25H37N3O2. The zero-order chi connectivity index (χ0) is 23.6. The van der Waals surface area contributed by atoms with Gasteiger partial charge in [-0.3, -0.25) is 5.32 Å². The molecule has 0 spiro atoms. The molecule has 5 heteroatoms. The zero-order valence-corrected chi connectivity index (χ0v) is 20.0. The van der Waals surface area contributed by atoms with E-state index in [9.17, 15) is 4.79 Å². The summed E-state index contributed by atoms with van der Waals surface area (Å²) in [5.41, 5.74) is 4.21. The van der Waals surface area contributed by atoms with Crippen molar-refractivity contribution in [3.63, 3.8) is 0 Å². The molecule has 30 heavy (non-hydrogen) atoms. The van der Waals surface area contributed by atoms with Gasteiger partial charge in [0.2, 0.25) is 0 Å². The van der Waals surface area contributed by atoms with Crippen LogP contribution in [0.25, 0.3) is 16.5 Å². The van der Waals surface area contributed by atoms with Crippen molar-refractivity contribution in [1.29, 1.82) is 0 Å². The standard InChI is InChI=1S/C21H24N2O2.C2H7N.C2H6/c1-9-13(2)15(4)18-11-16-10-14(3)17(12-19(16)23(18)8)22-20(24)25-21(5,6)7;1-3-2;1-2/h1,10-12H,2,4H2,3,5-8H3,(H,22,24);3H,1-2H3;1-2H3. The minimum absolute atomic E-state index is 0.477. The maximum absolute atomic E-state index is 12.1. The van der Waals surface area contributed by atoms with E-state index < -0.39 is 11.7 Å². The van der Waals surface area contributed by atoms with Gasteiger partial charge in [-0.25, -0.2) is 4.79 Å². The Labute approximate surface area is 182 Å². The van der Waals surface area contributed by atoms with Gasteiger partial charge < -0.3 is 14.6 Å². The quantitative estimate of drug-likeness (QED) is 0.488. The van der Waals surface area contributed by atoms with Gasteiger partial charge in [0.25, 0.3) is 0 Å². The Bertz CT molecular complexity index is 938. The van der Waals surface area contributed by atoms with Crippen molar-refractivity contribution in [1.82, 2.24) is 9.88 Å². The third-order valence-corrected chi connectivity index (χ3v) is 3.87. The highest BCUT2D eigenvalue weighted by Crippen LogP contribution is 2.30. The Morgan fingerprint density at radius 3 is 2.17 bits per heavy atom. The minimum Gasteiger partial charge on any atom is -0.444 e. The van der Waals surface area contributed by atoms with Gasteiger partial charge in [-0.15, -0.1) is 6.42 Å². The molecule has 0 saturated carbocycles. The van der Waals surface area contributed by atoms with E-state index >= 15 is 0 Å². The van der Waals surface area contributed by atoms with Gasteiger partial charge >= 0.3 is 6.09 Å². The Morgan fingerprint density at radius 1 is 1.17 bits per heavy atom. The Kier molecular flexibility index (Phi) is 10.7. The molecule has 2 N–H and O–H groups in total. The van der Waals surface area contributed by atoms with Crippen molar-refractivity contribution in [2.45, 2.75) is 47.1 Å². The van der Waals surface area contributed by atoms with E-state index in [1.165, 1.54) is 0 Å². The van der Waals surface area contributed by atoms with E-state index in [0.717, 1.165) is 22.2 Å². The highest BCUT2D eigenvalue weighted by Gasteiger charge is 2.18. The van der Waals surface area contributed by atoms with Gasteiger partial charge in [0.15, 0.2) is 0 Å². The maximum atomic E-state index is 12.1. The zero-order valence-electron chi connectivity index (χ0n) is 20.0. The Balaban J connectivity index is 0.00000154. The molecule has 0 fully saturated rings. The lowest BCUT2D eigenvalue weighted by molar-refractivity contribution is 0.0636. The Hall–Kier alpha value is -2.97. The number of hydrogen-bond donors (Lipinski definition) is 2. The molecule has 1 amide bonds. The second-order valence-corrected chi connectivity index (χ2v) is 7.54. The van der Waals surface area contributed by atoms with E-state index in [1.54, 1.807) is 0 Å². The number of aromatic nitrogens is 1. The molecule has 2 aromatic rings. The number of nitrogens with one attached hydrogen (secondary N) is 2. The number of terminal acetylenes is 1. The first-order chi connectivity index (χ1) is 13.9. The summed E-state index contributed by atoms with van der Waals surface area (Å²) in [6.45, 7) is 19.3. The first-order valence-corrected chi connectivity index (χ1v) is 9.98. The molecular weight excluding hydrogens is 374 g/mol. The third kappa shape index (κ3) is 7.46. The summed E-state index contributed by atoms with van der Waals surface area (Å²) in [6.07, 6.45) is 4.95. The van der Waals surface area contributed by atoms with Gasteiger partial charge in [0.1, 0.15) is 5.60 Å². The van der Waals surface area contributed by atoms with Crippen LogP contribution in [0.15, 0.2) is 36.9 Å². The van der Waals surface area contributed by atoms with E-state index in [0.29, 0.717) is 16.8 Å². The number of ether oxygens (including phenoxy) is 1. The lowest BCUT2D eigenvalue weighted by Crippen LogP contribution is -2.27. The van der Waals surface area contributed by atoms with Crippen LogP contribution in [0.5, 0.6) is 0 Å². The topological polar surface area (TPSA) is 55.3 Å². The van der Waals surface area contributed by atoms with E-state index in [1.807, 2.05) is 85.5 Å². The van der Waals surface area contributed by atoms with Gasteiger partial charge in [0.05, 0.1) is 5.52 Å². The van der Waals surface area contributed by atoms with Crippen LogP contribution in [0.4, 0.5) is 10.5 Å². The molecule has 1 heterocycles. The molecule has 164 valence electrons. The highest BCUT2D eigenvalue weighted by molar-refractivity contribution is 5.95. The molecule has 0 unspecified atom stereocenters. The van der Waals surface area contributed by atoms with Crippen molar-refractivity contribution in [3.8, 4) is 12.3 Å². The minimum atomic E-state index is -0.548. The number of carbonyl (C=O) groups excluding carboxylic acids is 1. The van der Waals surface area contributed by atoms with Gasteiger partial charge in [-0.1, -0.05) is 32.9 Å².